The molecule has 2 saturated heterocycles. The number of methoxy groups -OCH3 is 1. The molecule has 3 aliphatic carbocycles. The van der Waals surface area contributed by atoms with E-state index in [1.54, 1.807) is 6.92 Å². The molecular weight excluding hydrogens is 376 g/mol. The number of rotatable bonds is 1. The van der Waals surface area contributed by atoms with Crippen LogP contribution < -0.4 is 0 Å². The molecule has 7 nitrogen and oxygen atoms in total. The zero-order valence-electron chi connectivity index (χ0n) is 17.6. The van der Waals surface area contributed by atoms with Crippen LogP contribution in [0.2, 0.25) is 0 Å². The number of carbonyl (C=O) groups is 2. The molecule has 5 unspecified atom stereocenters. The molecule has 0 aromatic carbocycles. The highest BCUT2D eigenvalue weighted by molar-refractivity contribution is 5.99. The number of ether oxygens (including phenoxy) is 4. The molecule has 10 atom stereocenters. The van der Waals surface area contributed by atoms with Gasteiger partial charge >= 0.3 is 5.97 Å². The van der Waals surface area contributed by atoms with Gasteiger partial charge in [0.2, 0.25) is 5.78 Å². The SMILES string of the molecule is COC1=CC(C)C2C[C@H]3OC(=O)C[C@@H]4[C@@]3(C)C(C3OCOC3[C@@]4(C)O)[C@@]2(C)C1=O. The first kappa shape index (κ1) is 19.5. The summed E-state index contributed by atoms with van der Waals surface area (Å²) >= 11 is 0. The number of ketones is 1. The number of fused-ring (bicyclic) bond motifs is 4. The molecule has 29 heavy (non-hydrogen) atoms. The summed E-state index contributed by atoms with van der Waals surface area (Å²) in [6.07, 6.45) is 1.17. The molecular formula is C22H30O7. The average Bonchev–Trinajstić information content (AvgIpc) is 3.13. The molecule has 7 heteroatoms. The van der Waals surface area contributed by atoms with Gasteiger partial charge in [-0.15, -0.1) is 0 Å². The van der Waals surface area contributed by atoms with E-state index in [0.717, 1.165) is 0 Å². The van der Waals surface area contributed by atoms with Gasteiger partial charge in [0.25, 0.3) is 0 Å². The molecule has 0 spiro atoms. The van der Waals surface area contributed by atoms with Gasteiger partial charge in [-0.25, -0.2) is 0 Å². The maximum Gasteiger partial charge on any atom is 0.306 e. The number of Topliss-reactive ketones (excluding diaryl/α,β-unsaturated/α-hetero) is 1. The topological polar surface area (TPSA) is 91.3 Å². The zero-order valence-corrected chi connectivity index (χ0v) is 17.6. The average molecular weight is 406 g/mol. The predicted molar refractivity (Wildman–Crippen MR) is 100 cm³/mol. The van der Waals surface area contributed by atoms with Gasteiger partial charge in [0.15, 0.2) is 5.76 Å². The van der Waals surface area contributed by atoms with Crippen molar-refractivity contribution in [3.05, 3.63) is 11.8 Å². The van der Waals surface area contributed by atoms with E-state index < -0.39 is 28.6 Å². The van der Waals surface area contributed by atoms with Crippen LogP contribution in [0, 0.1) is 34.5 Å². The lowest BCUT2D eigenvalue weighted by Gasteiger charge is -2.69. The van der Waals surface area contributed by atoms with Crippen molar-refractivity contribution in [2.24, 2.45) is 34.5 Å². The second-order valence-electron chi connectivity index (χ2n) is 10.2. The normalized spacial score (nSPS) is 55.9. The largest absolute Gasteiger partial charge is 0.493 e. The number of carbonyl (C=O) groups excluding carboxylic acids is 2. The molecule has 2 heterocycles. The van der Waals surface area contributed by atoms with Crippen molar-refractivity contribution in [1.29, 1.82) is 0 Å². The first-order valence-corrected chi connectivity index (χ1v) is 10.5. The first-order chi connectivity index (χ1) is 13.6. The van der Waals surface area contributed by atoms with Gasteiger partial charge in [-0.1, -0.05) is 20.8 Å². The van der Waals surface area contributed by atoms with Crippen molar-refractivity contribution in [2.75, 3.05) is 13.9 Å². The van der Waals surface area contributed by atoms with E-state index in [1.807, 2.05) is 13.0 Å². The van der Waals surface area contributed by atoms with Gasteiger partial charge in [-0.2, -0.15) is 0 Å². The van der Waals surface area contributed by atoms with E-state index in [4.69, 9.17) is 18.9 Å². The number of hydrogen-bond donors (Lipinski definition) is 1. The quantitative estimate of drug-likeness (QED) is 0.664. The maximum absolute atomic E-state index is 13.7. The van der Waals surface area contributed by atoms with E-state index in [0.29, 0.717) is 12.2 Å². The monoisotopic (exact) mass is 406 g/mol. The molecule has 2 saturated carbocycles. The number of esters is 1. The van der Waals surface area contributed by atoms with Crippen LogP contribution >= 0.6 is 0 Å². The Kier molecular flexibility index (Phi) is 3.92. The van der Waals surface area contributed by atoms with Crippen molar-refractivity contribution >= 4 is 11.8 Å². The number of aliphatic hydroxyl groups is 1. The van der Waals surface area contributed by atoms with Gasteiger partial charge in [0, 0.05) is 22.7 Å². The molecule has 0 amide bonds. The third-order valence-corrected chi connectivity index (χ3v) is 9.04. The van der Waals surface area contributed by atoms with Gasteiger partial charge < -0.3 is 24.1 Å². The first-order valence-electron chi connectivity index (χ1n) is 10.5. The lowest BCUT2D eigenvalue weighted by molar-refractivity contribution is -0.293. The van der Waals surface area contributed by atoms with Crippen LogP contribution in [0.4, 0.5) is 0 Å². The van der Waals surface area contributed by atoms with Crippen LogP contribution in [0.3, 0.4) is 0 Å². The van der Waals surface area contributed by atoms with Crippen LogP contribution in [0.5, 0.6) is 0 Å². The molecule has 5 rings (SSSR count). The van der Waals surface area contributed by atoms with Gasteiger partial charge in [-0.3, -0.25) is 9.59 Å². The fourth-order valence-corrected chi connectivity index (χ4v) is 7.82. The molecule has 160 valence electrons. The third-order valence-electron chi connectivity index (χ3n) is 9.04. The molecule has 4 fully saturated rings. The standard InChI is InChI=1S/C22H30O7/c1-10-6-12(26-5)18(24)20(2)11(10)7-14-21(3)13(8-15(23)29-14)22(4,25)19-16(17(20)21)27-9-28-19/h6,10-11,13-14,16-17,19,25H,7-9H2,1-5H3/t10?,11?,13-,14-,16?,17?,19?,20+,21-,22+/m1/s1. The summed E-state index contributed by atoms with van der Waals surface area (Å²) in [5, 5.41) is 11.5. The lowest BCUT2D eigenvalue weighted by atomic mass is 9.37. The predicted octanol–water partition coefficient (Wildman–Crippen LogP) is 1.82. The Morgan fingerprint density at radius 2 is 1.93 bits per heavy atom. The van der Waals surface area contributed by atoms with Crippen molar-refractivity contribution in [2.45, 2.75) is 64.4 Å². The lowest BCUT2D eigenvalue weighted by Crippen LogP contribution is -2.77. The summed E-state index contributed by atoms with van der Waals surface area (Å²) in [6.45, 7) is 7.97. The molecule has 5 aliphatic rings. The summed E-state index contributed by atoms with van der Waals surface area (Å²) in [6, 6.07) is 0. The van der Waals surface area contributed by atoms with E-state index >= 15 is 0 Å². The number of allylic oxidation sites excluding steroid dienone is 2. The fraction of sp³-hybridized carbons (Fsp3) is 0.818. The zero-order chi connectivity index (χ0) is 20.9. The summed E-state index contributed by atoms with van der Waals surface area (Å²) in [4.78, 5) is 26.2. The van der Waals surface area contributed by atoms with E-state index in [2.05, 4.69) is 13.8 Å². The summed E-state index contributed by atoms with van der Waals surface area (Å²) in [5.41, 5.74) is -2.63. The minimum absolute atomic E-state index is 0.0172. The highest BCUT2D eigenvalue weighted by atomic mass is 16.7. The van der Waals surface area contributed by atoms with Gasteiger partial charge in [-0.05, 0) is 31.3 Å². The molecule has 0 aromatic heterocycles. The van der Waals surface area contributed by atoms with Crippen molar-refractivity contribution in [3.63, 3.8) is 0 Å². The number of hydrogen-bond acceptors (Lipinski definition) is 7. The third kappa shape index (κ3) is 2.14. The van der Waals surface area contributed by atoms with Gasteiger partial charge in [0.1, 0.15) is 19.0 Å². The molecule has 0 radical (unpaired) electrons. The Hall–Kier alpha value is -1.44. The van der Waals surface area contributed by atoms with Crippen molar-refractivity contribution < 1.29 is 33.6 Å². The van der Waals surface area contributed by atoms with Crippen molar-refractivity contribution in [3.8, 4) is 0 Å². The van der Waals surface area contributed by atoms with Crippen LogP contribution in [0.25, 0.3) is 0 Å². The Bertz CT molecular complexity index is 803. The van der Waals surface area contributed by atoms with Gasteiger partial charge in [0.05, 0.1) is 25.2 Å². The van der Waals surface area contributed by atoms with Crippen molar-refractivity contribution in [1.82, 2.24) is 0 Å². The minimum atomic E-state index is -1.25. The van der Waals surface area contributed by atoms with Crippen LogP contribution in [0.15, 0.2) is 11.8 Å². The molecule has 1 N–H and O–H groups in total. The molecule has 0 bridgehead atoms. The van der Waals surface area contributed by atoms with E-state index in [9.17, 15) is 14.7 Å². The smallest absolute Gasteiger partial charge is 0.306 e. The Morgan fingerprint density at radius 3 is 2.62 bits per heavy atom. The summed E-state index contributed by atoms with van der Waals surface area (Å²) in [7, 11) is 1.53. The van der Waals surface area contributed by atoms with E-state index in [-0.39, 0.29) is 54.7 Å². The Balaban J connectivity index is 1.74. The Morgan fingerprint density at radius 1 is 1.21 bits per heavy atom. The minimum Gasteiger partial charge on any atom is -0.493 e. The maximum atomic E-state index is 13.7. The highest BCUT2D eigenvalue weighted by Gasteiger charge is 2.77. The van der Waals surface area contributed by atoms with Crippen LogP contribution in [-0.2, 0) is 28.5 Å². The summed E-state index contributed by atoms with van der Waals surface area (Å²) in [5.74, 6) is -0.517. The second kappa shape index (κ2) is 5.83. The molecule has 0 aromatic rings. The summed E-state index contributed by atoms with van der Waals surface area (Å²) < 4.78 is 23.3. The van der Waals surface area contributed by atoms with Crippen LogP contribution in [0.1, 0.15) is 40.5 Å². The Labute approximate surface area is 170 Å². The van der Waals surface area contributed by atoms with Crippen LogP contribution in [-0.4, -0.2) is 54.7 Å². The highest BCUT2D eigenvalue weighted by Crippen LogP contribution is 2.69. The second-order valence-corrected chi connectivity index (χ2v) is 10.2. The fourth-order valence-electron chi connectivity index (χ4n) is 7.82. The molecule has 2 aliphatic heterocycles. The van der Waals surface area contributed by atoms with E-state index in [1.165, 1.54) is 7.11 Å².